The Morgan fingerprint density at radius 1 is 1.33 bits per heavy atom. The molecule has 1 unspecified atom stereocenters. The first-order valence-electron chi connectivity index (χ1n) is 6.73. The van der Waals surface area contributed by atoms with Crippen molar-refractivity contribution in [1.29, 1.82) is 0 Å². The van der Waals surface area contributed by atoms with Crippen LogP contribution in [0.5, 0.6) is 5.75 Å². The number of rotatable bonds is 8. The maximum atomic E-state index is 5.67. The van der Waals surface area contributed by atoms with E-state index in [0.717, 1.165) is 35.7 Å². The topological polar surface area (TPSA) is 21.3 Å². The summed E-state index contributed by atoms with van der Waals surface area (Å²) in [5, 5.41) is 3.21. The molecule has 2 nitrogen and oxygen atoms in total. The van der Waals surface area contributed by atoms with Crippen LogP contribution in [0, 0.1) is 5.92 Å². The lowest BCUT2D eigenvalue weighted by Gasteiger charge is -2.14. The zero-order valence-electron chi connectivity index (χ0n) is 11.6. The molecule has 3 heteroatoms. The second kappa shape index (κ2) is 8.54. The molecule has 1 atom stereocenters. The number of hydrogen-bond donors (Lipinski definition) is 1. The van der Waals surface area contributed by atoms with Gasteiger partial charge in [-0.15, -0.1) is 0 Å². The summed E-state index contributed by atoms with van der Waals surface area (Å²) in [6.45, 7) is 6.17. The Kier molecular flexibility index (Phi) is 7.36. The normalized spacial score (nSPS) is 12.4. The molecular weight excluding hydrogens is 290 g/mol. The molecule has 0 aromatic heterocycles. The Hall–Kier alpha value is -0.540. The summed E-state index contributed by atoms with van der Waals surface area (Å²) in [7, 11) is 2.01. The Bertz CT molecular complexity index is 354. The molecule has 1 rings (SSSR count). The summed E-state index contributed by atoms with van der Waals surface area (Å²) >= 11 is 3.53. The van der Waals surface area contributed by atoms with Crippen LogP contribution in [-0.4, -0.2) is 20.2 Å². The highest BCUT2D eigenvalue weighted by Gasteiger charge is 2.07. The molecule has 1 aromatic rings. The largest absolute Gasteiger partial charge is 0.494 e. The lowest BCUT2D eigenvalue weighted by atomic mass is 9.98. The smallest absolute Gasteiger partial charge is 0.122 e. The lowest BCUT2D eigenvalue weighted by molar-refractivity contribution is 0.335. The van der Waals surface area contributed by atoms with Crippen LogP contribution in [0.25, 0.3) is 0 Å². The minimum Gasteiger partial charge on any atom is -0.494 e. The van der Waals surface area contributed by atoms with Crippen LogP contribution in [0.15, 0.2) is 22.7 Å². The van der Waals surface area contributed by atoms with E-state index in [4.69, 9.17) is 4.74 Å². The molecular formula is C15H24BrNO. The summed E-state index contributed by atoms with van der Waals surface area (Å²) in [5.74, 6) is 1.77. The second-order valence-corrected chi connectivity index (χ2v) is 5.64. The van der Waals surface area contributed by atoms with Crippen molar-refractivity contribution in [3.8, 4) is 5.75 Å². The zero-order chi connectivity index (χ0) is 13.4. The van der Waals surface area contributed by atoms with Gasteiger partial charge in [0.2, 0.25) is 0 Å². The van der Waals surface area contributed by atoms with Gasteiger partial charge in [-0.1, -0.05) is 22.9 Å². The zero-order valence-corrected chi connectivity index (χ0v) is 13.2. The van der Waals surface area contributed by atoms with Crippen LogP contribution in [0.4, 0.5) is 0 Å². The number of benzene rings is 1. The molecule has 102 valence electrons. The van der Waals surface area contributed by atoms with Gasteiger partial charge in [0, 0.05) is 4.47 Å². The summed E-state index contributed by atoms with van der Waals surface area (Å²) in [5.41, 5.74) is 1.31. The fraction of sp³-hybridized carbons (Fsp3) is 0.600. The second-order valence-electron chi connectivity index (χ2n) is 4.72. The first-order valence-corrected chi connectivity index (χ1v) is 7.52. The van der Waals surface area contributed by atoms with Crippen molar-refractivity contribution in [2.24, 2.45) is 5.92 Å². The maximum absolute atomic E-state index is 5.67. The third kappa shape index (κ3) is 5.40. The average molecular weight is 314 g/mol. The van der Waals surface area contributed by atoms with E-state index in [-0.39, 0.29) is 0 Å². The van der Waals surface area contributed by atoms with Gasteiger partial charge in [0.05, 0.1) is 6.61 Å². The molecule has 0 saturated heterocycles. The van der Waals surface area contributed by atoms with Crippen molar-refractivity contribution in [3.63, 3.8) is 0 Å². The molecule has 0 aliphatic rings. The molecule has 18 heavy (non-hydrogen) atoms. The van der Waals surface area contributed by atoms with E-state index in [2.05, 4.69) is 40.3 Å². The van der Waals surface area contributed by atoms with E-state index >= 15 is 0 Å². The maximum Gasteiger partial charge on any atom is 0.122 e. The van der Waals surface area contributed by atoms with Gasteiger partial charge in [-0.25, -0.2) is 0 Å². The van der Waals surface area contributed by atoms with Gasteiger partial charge in [0.15, 0.2) is 0 Å². The summed E-state index contributed by atoms with van der Waals surface area (Å²) < 4.78 is 6.80. The number of nitrogens with one attached hydrogen (secondary N) is 1. The van der Waals surface area contributed by atoms with E-state index in [1.807, 2.05) is 20.0 Å². The van der Waals surface area contributed by atoms with Crippen molar-refractivity contribution < 1.29 is 4.74 Å². The number of hydrogen-bond acceptors (Lipinski definition) is 2. The molecule has 0 radical (unpaired) electrons. The van der Waals surface area contributed by atoms with E-state index in [1.54, 1.807) is 0 Å². The number of aryl methyl sites for hydroxylation is 1. The van der Waals surface area contributed by atoms with Crippen LogP contribution >= 0.6 is 15.9 Å². The molecule has 0 heterocycles. The van der Waals surface area contributed by atoms with Gasteiger partial charge in [0.25, 0.3) is 0 Å². The van der Waals surface area contributed by atoms with Crippen molar-refractivity contribution >= 4 is 15.9 Å². The predicted octanol–water partition coefficient (Wildman–Crippen LogP) is 4.03. The van der Waals surface area contributed by atoms with Crippen molar-refractivity contribution in [3.05, 3.63) is 28.2 Å². The molecule has 1 aromatic carbocycles. The van der Waals surface area contributed by atoms with Gasteiger partial charge < -0.3 is 10.1 Å². The third-order valence-electron chi connectivity index (χ3n) is 3.12. The van der Waals surface area contributed by atoms with Gasteiger partial charge in [-0.2, -0.15) is 0 Å². The highest BCUT2D eigenvalue weighted by molar-refractivity contribution is 9.10. The fourth-order valence-corrected chi connectivity index (χ4v) is 2.39. The Balaban J connectivity index is 2.56. The van der Waals surface area contributed by atoms with E-state index in [9.17, 15) is 0 Å². The number of halogens is 1. The molecule has 0 aliphatic heterocycles. The van der Waals surface area contributed by atoms with Gasteiger partial charge >= 0.3 is 0 Å². The standard InChI is InChI=1S/C15H24BrNO/c1-4-18-15-8-7-14(16)11-13(15)6-5-12(2)9-10-17-3/h7-8,11-12,17H,4-6,9-10H2,1-3H3. The van der Waals surface area contributed by atoms with Crippen molar-refractivity contribution in [1.82, 2.24) is 5.32 Å². The quantitative estimate of drug-likeness (QED) is 0.782. The van der Waals surface area contributed by atoms with Crippen LogP contribution in [0.2, 0.25) is 0 Å². The third-order valence-corrected chi connectivity index (χ3v) is 3.61. The van der Waals surface area contributed by atoms with Gasteiger partial charge in [0.1, 0.15) is 5.75 Å². The molecule has 0 fully saturated rings. The Morgan fingerprint density at radius 3 is 2.78 bits per heavy atom. The Morgan fingerprint density at radius 2 is 2.11 bits per heavy atom. The predicted molar refractivity (Wildman–Crippen MR) is 81.3 cm³/mol. The summed E-state index contributed by atoms with van der Waals surface area (Å²) in [6, 6.07) is 6.27. The molecule has 1 N–H and O–H groups in total. The molecule has 0 saturated carbocycles. The lowest BCUT2D eigenvalue weighted by Crippen LogP contribution is -2.12. The fourth-order valence-electron chi connectivity index (χ4n) is 1.98. The summed E-state index contributed by atoms with van der Waals surface area (Å²) in [4.78, 5) is 0. The summed E-state index contributed by atoms with van der Waals surface area (Å²) in [6.07, 6.45) is 3.52. The van der Waals surface area contributed by atoms with E-state index in [1.165, 1.54) is 18.4 Å². The molecule has 0 spiro atoms. The number of ether oxygens (including phenoxy) is 1. The van der Waals surface area contributed by atoms with Crippen LogP contribution in [0.1, 0.15) is 32.3 Å². The van der Waals surface area contributed by atoms with E-state index < -0.39 is 0 Å². The minimum absolute atomic E-state index is 0.726. The van der Waals surface area contributed by atoms with Gasteiger partial charge in [-0.05, 0) is 69.5 Å². The van der Waals surface area contributed by atoms with Crippen molar-refractivity contribution in [2.45, 2.75) is 33.1 Å². The Labute approximate surface area is 119 Å². The minimum atomic E-state index is 0.726. The van der Waals surface area contributed by atoms with Crippen LogP contribution < -0.4 is 10.1 Å². The highest BCUT2D eigenvalue weighted by atomic mass is 79.9. The van der Waals surface area contributed by atoms with Crippen LogP contribution in [0.3, 0.4) is 0 Å². The first-order chi connectivity index (χ1) is 8.67. The first kappa shape index (κ1) is 15.5. The molecule has 0 amide bonds. The SMILES string of the molecule is CCOc1ccc(Br)cc1CCC(C)CCNC. The monoisotopic (exact) mass is 313 g/mol. The van der Waals surface area contributed by atoms with Crippen LogP contribution in [-0.2, 0) is 6.42 Å². The highest BCUT2D eigenvalue weighted by Crippen LogP contribution is 2.26. The molecule has 0 bridgehead atoms. The van der Waals surface area contributed by atoms with Gasteiger partial charge in [-0.3, -0.25) is 0 Å². The van der Waals surface area contributed by atoms with E-state index in [0.29, 0.717) is 0 Å². The van der Waals surface area contributed by atoms with Crippen molar-refractivity contribution in [2.75, 3.05) is 20.2 Å². The average Bonchev–Trinajstić information content (AvgIpc) is 2.36. The molecule has 0 aliphatic carbocycles.